The van der Waals surface area contributed by atoms with Gasteiger partial charge in [-0.05, 0) is 48.8 Å². The van der Waals surface area contributed by atoms with Gasteiger partial charge >= 0.3 is 6.03 Å². The number of carbonyl (C=O) groups is 2. The van der Waals surface area contributed by atoms with Crippen LogP contribution in [0, 0.1) is 0 Å². The number of nitrogens with one attached hydrogen (secondary N) is 2. The summed E-state index contributed by atoms with van der Waals surface area (Å²) in [5.41, 5.74) is 3.11. The molecule has 5 heteroatoms. The SMILES string of the molecule is C=C\C=C/C=C(C)/C(C=C)=C/C=C(\C=C)N1CCC(NC(=O)NC(/C=C\C=C)=C/C=C)C1=O. The molecule has 1 saturated heterocycles. The molecule has 3 amide bonds. The van der Waals surface area contributed by atoms with Crippen molar-refractivity contribution in [3.63, 3.8) is 0 Å². The van der Waals surface area contributed by atoms with E-state index >= 15 is 0 Å². The fourth-order valence-electron chi connectivity index (χ4n) is 3.01. The van der Waals surface area contributed by atoms with Gasteiger partial charge < -0.3 is 15.5 Å². The van der Waals surface area contributed by atoms with E-state index in [0.29, 0.717) is 24.4 Å². The molecule has 0 radical (unpaired) electrons. The van der Waals surface area contributed by atoms with Crippen LogP contribution in [0.25, 0.3) is 0 Å². The summed E-state index contributed by atoms with van der Waals surface area (Å²) in [4.78, 5) is 26.9. The Balaban J connectivity index is 2.93. The Kier molecular flexibility index (Phi) is 12.1. The summed E-state index contributed by atoms with van der Waals surface area (Å²) in [5.74, 6) is -0.193. The van der Waals surface area contributed by atoms with E-state index in [9.17, 15) is 9.59 Å². The molecular weight excluding hydrogens is 410 g/mol. The fourth-order valence-corrected chi connectivity index (χ4v) is 3.01. The molecule has 172 valence electrons. The highest BCUT2D eigenvalue weighted by atomic mass is 16.2. The minimum Gasteiger partial charge on any atom is -0.326 e. The van der Waals surface area contributed by atoms with Gasteiger partial charge in [-0.3, -0.25) is 4.79 Å². The molecular formula is C28H33N3O2. The van der Waals surface area contributed by atoms with Gasteiger partial charge in [0, 0.05) is 17.9 Å². The minimum atomic E-state index is -0.629. The van der Waals surface area contributed by atoms with E-state index in [4.69, 9.17) is 0 Å². The van der Waals surface area contributed by atoms with Crippen LogP contribution in [0.1, 0.15) is 13.3 Å². The number of nitrogens with zero attached hydrogens (tertiary/aromatic N) is 1. The van der Waals surface area contributed by atoms with Gasteiger partial charge in [-0.15, -0.1) is 0 Å². The highest BCUT2D eigenvalue weighted by molar-refractivity contribution is 5.90. The van der Waals surface area contributed by atoms with Crippen molar-refractivity contribution in [3.8, 4) is 0 Å². The zero-order valence-electron chi connectivity index (χ0n) is 19.3. The van der Waals surface area contributed by atoms with Gasteiger partial charge in [0.2, 0.25) is 5.91 Å². The van der Waals surface area contributed by atoms with Gasteiger partial charge in [0.1, 0.15) is 6.04 Å². The second kappa shape index (κ2) is 14.8. The van der Waals surface area contributed by atoms with Crippen LogP contribution in [0.5, 0.6) is 0 Å². The lowest BCUT2D eigenvalue weighted by Crippen LogP contribution is -2.45. The lowest BCUT2D eigenvalue weighted by molar-refractivity contribution is -0.127. The summed E-state index contributed by atoms with van der Waals surface area (Å²) in [6.45, 7) is 21.0. The predicted octanol–water partition coefficient (Wildman–Crippen LogP) is 5.57. The fraction of sp³-hybridized carbons (Fsp3) is 0.143. The number of urea groups is 1. The molecule has 1 heterocycles. The maximum atomic E-state index is 12.9. The molecule has 1 fully saturated rings. The third-order valence-corrected chi connectivity index (χ3v) is 4.70. The predicted molar refractivity (Wildman–Crippen MR) is 139 cm³/mol. The van der Waals surface area contributed by atoms with E-state index in [2.05, 4.69) is 43.5 Å². The van der Waals surface area contributed by atoms with Gasteiger partial charge in [-0.2, -0.15) is 0 Å². The second-order valence-corrected chi connectivity index (χ2v) is 6.97. The van der Waals surface area contributed by atoms with Gasteiger partial charge in [0.25, 0.3) is 0 Å². The first kappa shape index (κ1) is 26.9. The maximum absolute atomic E-state index is 12.9. The monoisotopic (exact) mass is 443 g/mol. The molecule has 1 atom stereocenters. The molecule has 1 rings (SSSR count). The smallest absolute Gasteiger partial charge is 0.319 e. The lowest BCUT2D eigenvalue weighted by Gasteiger charge is -2.18. The highest BCUT2D eigenvalue weighted by Gasteiger charge is 2.33. The summed E-state index contributed by atoms with van der Waals surface area (Å²) in [6, 6.07) is -1.10. The lowest BCUT2D eigenvalue weighted by atomic mass is 10.1. The van der Waals surface area contributed by atoms with Crippen LogP contribution in [-0.4, -0.2) is 29.4 Å². The molecule has 0 aliphatic carbocycles. The third-order valence-electron chi connectivity index (χ3n) is 4.70. The summed E-state index contributed by atoms with van der Waals surface area (Å²) in [7, 11) is 0. The van der Waals surface area contributed by atoms with Crippen LogP contribution in [0.2, 0.25) is 0 Å². The van der Waals surface area contributed by atoms with E-state index in [-0.39, 0.29) is 5.91 Å². The van der Waals surface area contributed by atoms with Crippen molar-refractivity contribution in [2.45, 2.75) is 19.4 Å². The van der Waals surface area contributed by atoms with Crippen molar-refractivity contribution in [2.75, 3.05) is 6.54 Å². The van der Waals surface area contributed by atoms with Crippen LogP contribution in [0.3, 0.4) is 0 Å². The normalized spacial score (nSPS) is 17.9. The van der Waals surface area contributed by atoms with Crippen molar-refractivity contribution in [1.82, 2.24) is 15.5 Å². The molecule has 0 aromatic rings. The average Bonchev–Trinajstić information content (AvgIpc) is 3.15. The summed E-state index contributed by atoms with van der Waals surface area (Å²) >= 11 is 0. The van der Waals surface area contributed by atoms with E-state index in [1.54, 1.807) is 53.5 Å². The number of likely N-dealkylation sites (tertiary alicyclic amines) is 1. The van der Waals surface area contributed by atoms with E-state index in [1.807, 2.05) is 37.3 Å². The number of allylic oxidation sites excluding steroid dienone is 15. The van der Waals surface area contributed by atoms with E-state index in [1.165, 1.54) is 0 Å². The first-order valence-corrected chi connectivity index (χ1v) is 10.6. The Morgan fingerprint density at radius 3 is 2.27 bits per heavy atom. The van der Waals surface area contributed by atoms with Crippen LogP contribution in [0.4, 0.5) is 4.79 Å². The summed E-state index contributed by atoms with van der Waals surface area (Å²) in [6.07, 6.45) is 23.1. The zero-order chi connectivity index (χ0) is 24.6. The van der Waals surface area contributed by atoms with E-state index in [0.717, 1.165) is 11.1 Å². The van der Waals surface area contributed by atoms with Crippen molar-refractivity contribution in [3.05, 3.63) is 134 Å². The molecule has 0 aromatic carbocycles. The Bertz CT molecular complexity index is 971. The molecule has 1 aliphatic rings. The van der Waals surface area contributed by atoms with Crippen LogP contribution in [-0.2, 0) is 4.79 Å². The number of hydrogen-bond acceptors (Lipinski definition) is 2. The Morgan fingerprint density at radius 2 is 1.67 bits per heavy atom. The molecule has 0 spiro atoms. The van der Waals surface area contributed by atoms with Gasteiger partial charge in [-0.1, -0.05) is 87.6 Å². The largest absolute Gasteiger partial charge is 0.326 e. The van der Waals surface area contributed by atoms with Crippen LogP contribution in [0.15, 0.2) is 134 Å². The minimum absolute atomic E-state index is 0.193. The quantitative estimate of drug-likeness (QED) is 0.387. The van der Waals surface area contributed by atoms with Crippen molar-refractivity contribution < 1.29 is 9.59 Å². The van der Waals surface area contributed by atoms with E-state index < -0.39 is 12.1 Å². The van der Waals surface area contributed by atoms with Crippen LogP contribution >= 0.6 is 0 Å². The summed E-state index contributed by atoms with van der Waals surface area (Å²) in [5, 5.41) is 5.43. The molecule has 5 nitrogen and oxygen atoms in total. The van der Waals surface area contributed by atoms with Crippen molar-refractivity contribution in [2.24, 2.45) is 0 Å². The average molecular weight is 444 g/mol. The van der Waals surface area contributed by atoms with Crippen molar-refractivity contribution in [1.29, 1.82) is 0 Å². The maximum Gasteiger partial charge on any atom is 0.319 e. The molecule has 2 N–H and O–H groups in total. The molecule has 0 aromatic heterocycles. The molecule has 33 heavy (non-hydrogen) atoms. The first-order valence-electron chi connectivity index (χ1n) is 10.6. The Morgan fingerprint density at radius 1 is 0.939 bits per heavy atom. The standard InChI is InChI=1S/C28H33N3O2/c1-7-12-14-16-22(6)23(10-4)18-19-25(11-5)31-21-20-26(27(31)32)30-28(33)29-24(15-9-3)17-13-8-2/h7-19,26H,1-5,20-21H2,6H3,(H2,29,30,33)/b14-12-,17-13-,22-16+,23-18+,24-15+,25-19+. The first-order chi connectivity index (χ1) is 15.9. The number of carbonyl (C=O) groups excluding carboxylic acids is 2. The topological polar surface area (TPSA) is 61.4 Å². The Labute approximate surface area is 197 Å². The number of amides is 3. The Hall–Kier alpha value is -4.12. The third kappa shape index (κ3) is 8.87. The molecule has 1 unspecified atom stereocenters. The molecule has 1 aliphatic heterocycles. The number of rotatable bonds is 12. The molecule has 0 bridgehead atoms. The van der Waals surface area contributed by atoms with Gasteiger partial charge in [0.05, 0.1) is 0 Å². The highest BCUT2D eigenvalue weighted by Crippen LogP contribution is 2.19. The zero-order valence-corrected chi connectivity index (χ0v) is 19.3. The number of hydrogen-bond donors (Lipinski definition) is 2. The van der Waals surface area contributed by atoms with Crippen LogP contribution < -0.4 is 10.6 Å². The molecule has 0 saturated carbocycles. The van der Waals surface area contributed by atoms with Gasteiger partial charge in [0.15, 0.2) is 0 Å². The second-order valence-electron chi connectivity index (χ2n) is 6.97. The van der Waals surface area contributed by atoms with Gasteiger partial charge in [-0.25, -0.2) is 4.79 Å². The van der Waals surface area contributed by atoms with Crippen molar-refractivity contribution >= 4 is 11.9 Å². The summed E-state index contributed by atoms with van der Waals surface area (Å²) < 4.78 is 0.